The number of hydrogen-bond donors (Lipinski definition) is 2. The number of fused-ring (bicyclic) bond motifs is 1. The predicted octanol–water partition coefficient (Wildman–Crippen LogP) is 1.84. The van der Waals surface area contributed by atoms with Crippen LogP contribution in [0.3, 0.4) is 0 Å². The number of amides is 2. The molecule has 5 heteroatoms. The van der Waals surface area contributed by atoms with Crippen LogP contribution in [0.1, 0.15) is 29.9 Å². The van der Waals surface area contributed by atoms with Crippen molar-refractivity contribution in [3.05, 3.63) is 16.3 Å². The number of rotatable bonds is 2. The molecular formula is C11H14N2O2S. The Hall–Kier alpha value is -1.36. The van der Waals surface area contributed by atoms with E-state index >= 15 is 0 Å². The molecule has 0 bridgehead atoms. The first-order chi connectivity index (χ1) is 7.58. The van der Waals surface area contributed by atoms with Crippen molar-refractivity contribution >= 4 is 28.8 Å². The summed E-state index contributed by atoms with van der Waals surface area (Å²) in [5.74, 6) is 0.0837. The van der Waals surface area contributed by atoms with Crippen LogP contribution in [0.15, 0.2) is 11.4 Å². The van der Waals surface area contributed by atoms with Crippen molar-refractivity contribution in [1.82, 2.24) is 5.32 Å². The molecule has 0 spiro atoms. The molecule has 0 unspecified atom stereocenters. The molecule has 0 radical (unpaired) electrons. The van der Waals surface area contributed by atoms with Gasteiger partial charge in [0.15, 0.2) is 0 Å². The van der Waals surface area contributed by atoms with E-state index in [1.165, 1.54) is 11.3 Å². The summed E-state index contributed by atoms with van der Waals surface area (Å²) >= 11 is 1.34. The zero-order chi connectivity index (χ0) is 11.7. The molecule has 0 saturated carbocycles. The number of hydrogen-bond acceptors (Lipinski definition) is 3. The smallest absolute Gasteiger partial charge is 0.264 e. The topological polar surface area (TPSA) is 58.2 Å². The van der Waals surface area contributed by atoms with Crippen LogP contribution in [0.25, 0.3) is 0 Å². The van der Waals surface area contributed by atoms with Gasteiger partial charge in [0, 0.05) is 0 Å². The SMILES string of the molecule is CC(C)C[C@@H]1NC(=O)c2sccc2NC1=O. The minimum Gasteiger partial charge on any atom is -0.339 e. The molecule has 2 N–H and O–H groups in total. The average molecular weight is 238 g/mol. The standard InChI is InChI=1S/C11H14N2O2S/c1-6(2)5-8-10(14)12-7-3-4-16-9(7)11(15)13-8/h3-4,6,8H,5H2,1-2H3,(H,12,14)(H,13,15)/t8-/m0/s1. The molecule has 2 rings (SSSR count). The molecule has 0 saturated heterocycles. The van der Waals surface area contributed by atoms with Crippen molar-refractivity contribution in [1.29, 1.82) is 0 Å². The minimum atomic E-state index is -0.424. The van der Waals surface area contributed by atoms with Gasteiger partial charge in [-0.1, -0.05) is 13.8 Å². The summed E-state index contributed by atoms with van der Waals surface area (Å²) < 4.78 is 0. The summed E-state index contributed by atoms with van der Waals surface area (Å²) in [6.45, 7) is 4.06. The van der Waals surface area contributed by atoms with Gasteiger partial charge in [0.25, 0.3) is 5.91 Å². The molecule has 86 valence electrons. The summed E-state index contributed by atoms with van der Waals surface area (Å²) in [6, 6.07) is 1.34. The van der Waals surface area contributed by atoms with Crippen LogP contribution in [-0.2, 0) is 4.79 Å². The third-order valence-electron chi connectivity index (χ3n) is 2.46. The molecule has 2 amide bonds. The van der Waals surface area contributed by atoms with Crippen LogP contribution in [0, 0.1) is 5.92 Å². The van der Waals surface area contributed by atoms with Crippen molar-refractivity contribution in [2.24, 2.45) is 5.92 Å². The predicted molar refractivity (Wildman–Crippen MR) is 63.7 cm³/mol. The highest BCUT2D eigenvalue weighted by Gasteiger charge is 2.28. The molecule has 1 aromatic heterocycles. The first-order valence-electron chi connectivity index (χ1n) is 5.27. The second-order valence-corrected chi connectivity index (χ2v) is 5.22. The fourth-order valence-electron chi connectivity index (χ4n) is 1.73. The van der Waals surface area contributed by atoms with E-state index in [2.05, 4.69) is 10.6 Å². The molecule has 1 aliphatic rings. The summed E-state index contributed by atoms with van der Waals surface area (Å²) in [5.41, 5.74) is 0.624. The maximum Gasteiger partial charge on any atom is 0.264 e. The van der Waals surface area contributed by atoms with Gasteiger partial charge in [0.2, 0.25) is 5.91 Å². The van der Waals surface area contributed by atoms with Gasteiger partial charge in [-0.3, -0.25) is 9.59 Å². The van der Waals surface area contributed by atoms with E-state index < -0.39 is 6.04 Å². The van der Waals surface area contributed by atoms with Crippen LogP contribution in [0.2, 0.25) is 0 Å². The van der Waals surface area contributed by atoms with Crippen LogP contribution < -0.4 is 10.6 Å². The zero-order valence-corrected chi connectivity index (χ0v) is 10.1. The van der Waals surface area contributed by atoms with Crippen molar-refractivity contribution < 1.29 is 9.59 Å². The average Bonchev–Trinajstić information content (AvgIpc) is 2.60. The van der Waals surface area contributed by atoms with Gasteiger partial charge in [0.1, 0.15) is 10.9 Å². The van der Waals surface area contributed by atoms with E-state index in [1.54, 1.807) is 11.4 Å². The first-order valence-corrected chi connectivity index (χ1v) is 6.15. The summed E-state index contributed by atoms with van der Waals surface area (Å²) in [7, 11) is 0. The molecule has 0 fully saturated rings. The number of carbonyl (C=O) groups excluding carboxylic acids is 2. The Balaban J connectivity index is 2.23. The summed E-state index contributed by atoms with van der Waals surface area (Å²) in [4.78, 5) is 24.2. The van der Waals surface area contributed by atoms with Gasteiger partial charge in [-0.2, -0.15) is 0 Å². The van der Waals surface area contributed by atoms with E-state index in [1.807, 2.05) is 13.8 Å². The minimum absolute atomic E-state index is 0.126. The highest BCUT2D eigenvalue weighted by molar-refractivity contribution is 7.12. The van der Waals surface area contributed by atoms with Crippen molar-refractivity contribution in [2.45, 2.75) is 26.3 Å². The molecule has 0 aliphatic carbocycles. The van der Waals surface area contributed by atoms with Crippen LogP contribution in [-0.4, -0.2) is 17.9 Å². The van der Waals surface area contributed by atoms with Gasteiger partial charge >= 0.3 is 0 Å². The van der Waals surface area contributed by atoms with E-state index in [4.69, 9.17) is 0 Å². The molecule has 2 heterocycles. The van der Waals surface area contributed by atoms with Crippen molar-refractivity contribution in [3.8, 4) is 0 Å². The van der Waals surface area contributed by atoms with E-state index in [9.17, 15) is 9.59 Å². The number of anilines is 1. The fourth-order valence-corrected chi connectivity index (χ4v) is 2.48. The zero-order valence-electron chi connectivity index (χ0n) is 9.24. The maximum atomic E-state index is 11.8. The molecule has 4 nitrogen and oxygen atoms in total. The highest BCUT2D eigenvalue weighted by Crippen LogP contribution is 2.25. The number of carbonyl (C=O) groups is 2. The lowest BCUT2D eigenvalue weighted by molar-refractivity contribution is -0.118. The summed E-state index contributed by atoms with van der Waals surface area (Å²) in [6.07, 6.45) is 0.659. The van der Waals surface area contributed by atoms with Gasteiger partial charge in [0.05, 0.1) is 5.69 Å². The van der Waals surface area contributed by atoms with Crippen LogP contribution >= 0.6 is 11.3 Å². The third kappa shape index (κ3) is 2.09. The summed E-state index contributed by atoms with van der Waals surface area (Å²) in [5, 5.41) is 7.34. The van der Waals surface area contributed by atoms with Gasteiger partial charge < -0.3 is 10.6 Å². The van der Waals surface area contributed by atoms with Crippen molar-refractivity contribution in [3.63, 3.8) is 0 Å². The monoisotopic (exact) mass is 238 g/mol. The van der Waals surface area contributed by atoms with E-state index in [-0.39, 0.29) is 11.8 Å². The maximum absolute atomic E-state index is 11.8. The molecular weight excluding hydrogens is 224 g/mol. The first kappa shape index (κ1) is 11.1. The number of thiophene rings is 1. The molecule has 1 atom stereocenters. The van der Waals surface area contributed by atoms with E-state index in [0.717, 1.165) is 0 Å². The second kappa shape index (κ2) is 4.25. The Kier molecular flexibility index (Phi) is 2.96. The van der Waals surface area contributed by atoms with Crippen molar-refractivity contribution in [2.75, 3.05) is 5.32 Å². The number of nitrogens with one attached hydrogen (secondary N) is 2. The Labute approximate surface area is 98.0 Å². The molecule has 16 heavy (non-hydrogen) atoms. The Bertz CT molecular complexity index is 425. The van der Waals surface area contributed by atoms with Gasteiger partial charge in [-0.15, -0.1) is 11.3 Å². The fraction of sp³-hybridized carbons (Fsp3) is 0.455. The second-order valence-electron chi connectivity index (χ2n) is 4.31. The molecule has 1 aliphatic heterocycles. The largest absolute Gasteiger partial charge is 0.339 e. The molecule has 0 aromatic carbocycles. The lowest BCUT2D eigenvalue weighted by Gasteiger charge is -2.16. The Morgan fingerprint density at radius 3 is 2.88 bits per heavy atom. The lowest BCUT2D eigenvalue weighted by Crippen LogP contribution is -2.41. The Morgan fingerprint density at radius 2 is 2.19 bits per heavy atom. The van der Waals surface area contributed by atoms with Crippen LogP contribution in [0.4, 0.5) is 5.69 Å². The third-order valence-corrected chi connectivity index (χ3v) is 3.37. The quantitative estimate of drug-likeness (QED) is 0.826. The highest BCUT2D eigenvalue weighted by atomic mass is 32.1. The van der Waals surface area contributed by atoms with Gasteiger partial charge in [-0.25, -0.2) is 0 Å². The van der Waals surface area contributed by atoms with Crippen LogP contribution in [0.5, 0.6) is 0 Å². The van der Waals surface area contributed by atoms with Gasteiger partial charge in [-0.05, 0) is 23.8 Å². The molecule has 1 aromatic rings. The normalized spacial score (nSPS) is 20.1. The van der Waals surface area contributed by atoms with E-state index in [0.29, 0.717) is 22.9 Å². The Morgan fingerprint density at radius 1 is 1.44 bits per heavy atom. The lowest BCUT2D eigenvalue weighted by atomic mass is 10.0.